The summed E-state index contributed by atoms with van der Waals surface area (Å²) in [5, 5.41) is 20.4. The van der Waals surface area contributed by atoms with Crippen LogP contribution in [0.1, 0.15) is 16.7 Å². The first kappa shape index (κ1) is 16.0. The van der Waals surface area contributed by atoms with Gasteiger partial charge in [0.1, 0.15) is 0 Å². The molecule has 0 saturated heterocycles. The summed E-state index contributed by atoms with van der Waals surface area (Å²) in [5.41, 5.74) is 2.24. The molecular formula is C16H14ClN3O2. The largest absolute Gasteiger partial charge is 0.298 e. The molecule has 0 aromatic heterocycles. The van der Waals surface area contributed by atoms with Gasteiger partial charge >= 0.3 is 0 Å². The van der Waals surface area contributed by atoms with Crippen molar-refractivity contribution in [2.75, 3.05) is 7.05 Å². The van der Waals surface area contributed by atoms with Crippen LogP contribution in [0, 0.1) is 21.4 Å². The number of halogens is 1. The van der Waals surface area contributed by atoms with Crippen LogP contribution in [-0.2, 0) is 13.1 Å². The topological polar surface area (TPSA) is 70.2 Å². The maximum Gasteiger partial charge on any atom is 0.269 e. The zero-order chi connectivity index (χ0) is 16.1. The third kappa shape index (κ3) is 3.82. The SMILES string of the molecule is CN(Cc1cc([N+](=O)[O-])ccc1Cl)Cc1ccccc1C#N. The molecule has 2 aromatic rings. The van der Waals surface area contributed by atoms with E-state index >= 15 is 0 Å². The van der Waals surface area contributed by atoms with Gasteiger partial charge in [0.25, 0.3) is 5.69 Å². The minimum atomic E-state index is -0.440. The van der Waals surface area contributed by atoms with Crippen molar-refractivity contribution in [1.82, 2.24) is 4.90 Å². The summed E-state index contributed by atoms with van der Waals surface area (Å²) in [6.07, 6.45) is 0. The van der Waals surface area contributed by atoms with Gasteiger partial charge in [-0.15, -0.1) is 0 Å². The van der Waals surface area contributed by atoms with E-state index in [0.717, 1.165) is 5.56 Å². The molecule has 0 N–H and O–H groups in total. The number of rotatable bonds is 5. The number of nitro benzene ring substituents is 1. The van der Waals surface area contributed by atoms with Crippen molar-refractivity contribution in [2.24, 2.45) is 0 Å². The van der Waals surface area contributed by atoms with Gasteiger partial charge in [0.05, 0.1) is 16.6 Å². The second-order valence-corrected chi connectivity index (χ2v) is 5.38. The highest BCUT2D eigenvalue weighted by Gasteiger charge is 2.12. The number of nitro groups is 1. The third-order valence-corrected chi connectivity index (χ3v) is 3.63. The highest BCUT2D eigenvalue weighted by molar-refractivity contribution is 6.31. The van der Waals surface area contributed by atoms with Crippen LogP contribution in [0.4, 0.5) is 5.69 Å². The molecule has 0 atom stereocenters. The van der Waals surface area contributed by atoms with Crippen molar-refractivity contribution in [3.05, 3.63) is 74.3 Å². The van der Waals surface area contributed by atoms with Crippen LogP contribution in [-0.4, -0.2) is 16.9 Å². The fraction of sp³-hybridized carbons (Fsp3) is 0.188. The summed E-state index contributed by atoms with van der Waals surface area (Å²) in [7, 11) is 1.88. The molecule has 0 amide bonds. The molecule has 22 heavy (non-hydrogen) atoms. The number of benzene rings is 2. The standard InChI is InChI=1S/C16H14ClN3O2/c1-19(10-13-5-3-2-4-12(13)9-18)11-14-8-15(20(21)22)6-7-16(14)17/h2-8H,10-11H2,1H3. The second kappa shape index (κ2) is 7.03. The second-order valence-electron chi connectivity index (χ2n) is 4.97. The summed E-state index contributed by atoms with van der Waals surface area (Å²) in [5.74, 6) is 0. The Kier molecular flexibility index (Phi) is 5.10. The van der Waals surface area contributed by atoms with E-state index in [1.165, 1.54) is 18.2 Å². The van der Waals surface area contributed by atoms with Gasteiger partial charge in [-0.3, -0.25) is 15.0 Å². The molecule has 0 fully saturated rings. The number of hydrogen-bond acceptors (Lipinski definition) is 4. The van der Waals surface area contributed by atoms with Crippen molar-refractivity contribution in [1.29, 1.82) is 5.26 Å². The zero-order valence-corrected chi connectivity index (χ0v) is 12.7. The minimum Gasteiger partial charge on any atom is -0.298 e. The smallest absolute Gasteiger partial charge is 0.269 e. The lowest BCUT2D eigenvalue weighted by Gasteiger charge is -2.18. The van der Waals surface area contributed by atoms with Gasteiger partial charge in [0, 0.05) is 30.2 Å². The van der Waals surface area contributed by atoms with E-state index in [1.807, 2.05) is 30.1 Å². The predicted octanol–water partition coefficient (Wildman–Crippen LogP) is 3.75. The Balaban J connectivity index is 2.15. The van der Waals surface area contributed by atoms with Crippen molar-refractivity contribution >= 4 is 17.3 Å². The maximum atomic E-state index is 10.8. The molecule has 5 nitrogen and oxygen atoms in total. The molecule has 0 aliphatic carbocycles. The normalized spacial score (nSPS) is 10.5. The van der Waals surface area contributed by atoms with Crippen LogP contribution < -0.4 is 0 Å². The van der Waals surface area contributed by atoms with Gasteiger partial charge in [0.2, 0.25) is 0 Å². The molecular weight excluding hydrogens is 302 g/mol. The van der Waals surface area contributed by atoms with Crippen LogP contribution in [0.25, 0.3) is 0 Å². The zero-order valence-electron chi connectivity index (χ0n) is 12.0. The van der Waals surface area contributed by atoms with Gasteiger partial charge in [-0.05, 0) is 30.3 Å². The quantitative estimate of drug-likeness (QED) is 0.622. The average molecular weight is 316 g/mol. The third-order valence-electron chi connectivity index (χ3n) is 3.26. The summed E-state index contributed by atoms with van der Waals surface area (Å²) in [4.78, 5) is 12.4. The fourth-order valence-electron chi connectivity index (χ4n) is 2.20. The highest BCUT2D eigenvalue weighted by Crippen LogP contribution is 2.23. The molecule has 2 rings (SSSR count). The van der Waals surface area contributed by atoms with Gasteiger partial charge in [-0.2, -0.15) is 5.26 Å². The average Bonchev–Trinajstić information content (AvgIpc) is 2.49. The lowest BCUT2D eigenvalue weighted by molar-refractivity contribution is -0.384. The molecule has 0 aliphatic rings. The molecule has 112 valence electrons. The van der Waals surface area contributed by atoms with Gasteiger partial charge in [-0.1, -0.05) is 29.8 Å². The molecule has 6 heteroatoms. The first-order chi connectivity index (χ1) is 10.5. The molecule has 2 aromatic carbocycles. The Morgan fingerprint density at radius 1 is 1.23 bits per heavy atom. The summed E-state index contributed by atoms with van der Waals surface area (Å²) >= 11 is 6.10. The van der Waals surface area contributed by atoms with Crippen LogP contribution in [0.5, 0.6) is 0 Å². The van der Waals surface area contributed by atoms with E-state index in [9.17, 15) is 10.1 Å². The fourth-order valence-corrected chi connectivity index (χ4v) is 2.38. The Morgan fingerprint density at radius 3 is 2.59 bits per heavy atom. The number of non-ortho nitro benzene ring substituents is 1. The molecule has 0 spiro atoms. The first-order valence-electron chi connectivity index (χ1n) is 6.60. The maximum absolute atomic E-state index is 10.8. The first-order valence-corrected chi connectivity index (χ1v) is 6.98. The molecule has 0 unspecified atom stereocenters. The van der Waals surface area contributed by atoms with E-state index in [4.69, 9.17) is 16.9 Å². The predicted molar refractivity (Wildman–Crippen MR) is 84.4 cm³/mol. The summed E-state index contributed by atoms with van der Waals surface area (Å²) in [6, 6.07) is 13.9. The van der Waals surface area contributed by atoms with Crippen LogP contribution in [0.15, 0.2) is 42.5 Å². The van der Waals surface area contributed by atoms with Crippen molar-refractivity contribution in [2.45, 2.75) is 13.1 Å². The summed E-state index contributed by atoms with van der Waals surface area (Å²) in [6.45, 7) is 1.02. The van der Waals surface area contributed by atoms with E-state index in [0.29, 0.717) is 29.2 Å². The highest BCUT2D eigenvalue weighted by atomic mass is 35.5. The van der Waals surface area contributed by atoms with Gasteiger partial charge in [-0.25, -0.2) is 0 Å². The van der Waals surface area contributed by atoms with Crippen molar-refractivity contribution in [3.63, 3.8) is 0 Å². The van der Waals surface area contributed by atoms with Crippen LogP contribution in [0.3, 0.4) is 0 Å². The van der Waals surface area contributed by atoms with E-state index in [-0.39, 0.29) is 5.69 Å². The Bertz CT molecular complexity index is 740. The lowest BCUT2D eigenvalue weighted by Crippen LogP contribution is -2.18. The number of nitriles is 1. The van der Waals surface area contributed by atoms with Crippen molar-refractivity contribution in [3.8, 4) is 6.07 Å². The van der Waals surface area contributed by atoms with E-state index in [1.54, 1.807) is 6.07 Å². The number of hydrogen-bond donors (Lipinski definition) is 0. The lowest BCUT2D eigenvalue weighted by atomic mass is 10.1. The Labute approximate surface area is 133 Å². The molecule has 0 saturated carbocycles. The molecule has 0 aliphatic heterocycles. The molecule has 0 bridgehead atoms. The van der Waals surface area contributed by atoms with E-state index in [2.05, 4.69) is 6.07 Å². The van der Waals surface area contributed by atoms with Gasteiger partial charge < -0.3 is 0 Å². The van der Waals surface area contributed by atoms with E-state index < -0.39 is 4.92 Å². The Morgan fingerprint density at radius 2 is 1.91 bits per heavy atom. The Hall–Kier alpha value is -2.42. The van der Waals surface area contributed by atoms with Crippen LogP contribution >= 0.6 is 11.6 Å². The van der Waals surface area contributed by atoms with Crippen LogP contribution in [0.2, 0.25) is 5.02 Å². The minimum absolute atomic E-state index is 0.0187. The molecule has 0 radical (unpaired) electrons. The monoisotopic (exact) mass is 315 g/mol. The summed E-state index contributed by atoms with van der Waals surface area (Å²) < 4.78 is 0. The van der Waals surface area contributed by atoms with Gasteiger partial charge in [0.15, 0.2) is 0 Å². The number of nitrogens with zero attached hydrogens (tertiary/aromatic N) is 3. The van der Waals surface area contributed by atoms with Crippen molar-refractivity contribution < 1.29 is 4.92 Å². The molecule has 0 heterocycles.